The van der Waals surface area contributed by atoms with Crippen LogP contribution in [0.25, 0.3) is 0 Å². The van der Waals surface area contributed by atoms with Gasteiger partial charge in [0.2, 0.25) is 0 Å². The second-order valence-corrected chi connectivity index (χ2v) is 5.33. The van der Waals surface area contributed by atoms with Crippen LogP contribution in [-0.4, -0.2) is 14.8 Å². The highest BCUT2D eigenvalue weighted by Crippen LogP contribution is 2.15. The molecule has 3 heteroatoms. The molecule has 0 radical (unpaired) electrons. The van der Waals surface area contributed by atoms with Crippen molar-refractivity contribution in [1.82, 2.24) is 14.8 Å². The molecule has 19 heavy (non-hydrogen) atoms. The van der Waals surface area contributed by atoms with Gasteiger partial charge in [-0.3, -0.25) is 0 Å². The smallest absolute Gasteiger partial charge is 0.133 e. The molecule has 1 aromatic heterocycles. The van der Waals surface area contributed by atoms with Crippen LogP contribution in [0.4, 0.5) is 0 Å². The summed E-state index contributed by atoms with van der Waals surface area (Å²) in [6.07, 6.45) is 8.36. The van der Waals surface area contributed by atoms with Crippen molar-refractivity contribution < 1.29 is 0 Å². The van der Waals surface area contributed by atoms with Gasteiger partial charge in [-0.05, 0) is 24.8 Å². The minimum atomic E-state index is 0.997. The normalized spacial score (nSPS) is 15.6. The Hall–Kier alpha value is -1.64. The molecule has 1 aromatic carbocycles. The quantitative estimate of drug-likeness (QED) is 0.843. The maximum atomic E-state index is 4.41. The van der Waals surface area contributed by atoms with E-state index in [1.54, 1.807) is 0 Å². The minimum absolute atomic E-state index is 0.997. The molecule has 100 valence electrons. The zero-order valence-electron chi connectivity index (χ0n) is 11.4. The van der Waals surface area contributed by atoms with Crippen molar-refractivity contribution in [1.29, 1.82) is 0 Å². The summed E-state index contributed by atoms with van der Waals surface area (Å²) in [5.41, 5.74) is 1.38. The van der Waals surface area contributed by atoms with Crippen molar-refractivity contribution in [3.63, 3.8) is 0 Å². The minimum Gasteiger partial charge on any atom is -0.315 e. The van der Waals surface area contributed by atoms with Crippen LogP contribution in [0.2, 0.25) is 0 Å². The first-order valence-electron chi connectivity index (χ1n) is 7.38. The van der Waals surface area contributed by atoms with E-state index in [9.17, 15) is 0 Å². The first-order valence-corrected chi connectivity index (χ1v) is 7.38. The Morgan fingerprint density at radius 2 is 1.74 bits per heavy atom. The fourth-order valence-corrected chi connectivity index (χ4v) is 2.81. The second kappa shape index (κ2) is 6.00. The van der Waals surface area contributed by atoms with Crippen LogP contribution in [0.1, 0.15) is 42.9 Å². The lowest BCUT2D eigenvalue weighted by Gasteiger charge is -2.13. The molecule has 0 bridgehead atoms. The Kier molecular flexibility index (Phi) is 3.92. The molecule has 2 heterocycles. The Morgan fingerprint density at radius 3 is 2.63 bits per heavy atom. The van der Waals surface area contributed by atoms with Gasteiger partial charge in [0, 0.05) is 19.4 Å². The summed E-state index contributed by atoms with van der Waals surface area (Å²) in [7, 11) is 0. The number of benzene rings is 1. The van der Waals surface area contributed by atoms with Crippen LogP contribution in [0, 0.1) is 0 Å². The molecular formula is C16H21N3. The van der Waals surface area contributed by atoms with Crippen LogP contribution >= 0.6 is 0 Å². The van der Waals surface area contributed by atoms with Gasteiger partial charge in [0.15, 0.2) is 0 Å². The maximum Gasteiger partial charge on any atom is 0.133 e. The lowest BCUT2D eigenvalue weighted by Crippen LogP contribution is -2.11. The largest absolute Gasteiger partial charge is 0.315 e. The summed E-state index contributed by atoms with van der Waals surface area (Å²) in [4.78, 5) is 0. The van der Waals surface area contributed by atoms with Gasteiger partial charge >= 0.3 is 0 Å². The third-order valence-electron chi connectivity index (χ3n) is 3.92. The molecule has 1 aliphatic heterocycles. The van der Waals surface area contributed by atoms with Crippen molar-refractivity contribution in [2.75, 3.05) is 0 Å². The van der Waals surface area contributed by atoms with E-state index in [-0.39, 0.29) is 0 Å². The van der Waals surface area contributed by atoms with Gasteiger partial charge < -0.3 is 4.57 Å². The predicted octanol–water partition coefficient (Wildman–Crippen LogP) is 3.18. The highest BCUT2D eigenvalue weighted by Gasteiger charge is 2.13. The summed E-state index contributed by atoms with van der Waals surface area (Å²) < 4.78 is 2.36. The molecule has 0 amide bonds. The third kappa shape index (κ3) is 3.03. The average Bonchev–Trinajstić information content (AvgIpc) is 2.79. The van der Waals surface area contributed by atoms with E-state index in [2.05, 4.69) is 45.1 Å². The number of fused-ring (bicyclic) bond motifs is 1. The summed E-state index contributed by atoms with van der Waals surface area (Å²) in [5, 5.41) is 8.79. The van der Waals surface area contributed by atoms with Gasteiger partial charge in [-0.15, -0.1) is 10.2 Å². The lowest BCUT2D eigenvalue weighted by atomic mass is 10.1. The van der Waals surface area contributed by atoms with Crippen LogP contribution < -0.4 is 0 Å². The van der Waals surface area contributed by atoms with Gasteiger partial charge in [0.1, 0.15) is 11.6 Å². The van der Waals surface area contributed by atoms with E-state index < -0.39 is 0 Å². The molecule has 0 saturated heterocycles. The van der Waals surface area contributed by atoms with Crippen LogP contribution in [-0.2, 0) is 25.8 Å². The van der Waals surface area contributed by atoms with Gasteiger partial charge in [-0.25, -0.2) is 0 Å². The molecule has 3 nitrogen and oxygen atoms in total. The molecule has 0 saturated carbocycles. The fourth-order valence-electron chi connectivity index (χ4n) is 2.81. The van der Waals surface area contributed by atoms with E-state index in [0.29, 0.717) is 0 Å². The van der Waals surface area contributed by atoms with Crippen molar-refractivity contribution in [2.24, 2.45) is 0 Å². The SMILES string of the molecule is c1ccc(CCc2nnc3n2CCCCCC3)cc1. The number of aryl methyl sites for hydroxylation is 3. The Labute approximate surface area is 114 Å². The number of hydrogen-bond donors (Lipinski definition) is 0. The highest BCUT2D eigenvalue weighted by atomic mass is 15.3. The van der Waals surface area contributed by atoms with E-state index in [1.807, 2.05) is 0 Å². The topological polar surface area (TPSA) is 30.7 Å². The molecule has 0 N–H and O–H groups in total. The van der Waals surface area contributed by atoms with Crippen molar-refractivity contribution in [2.45, 2.75) is 51.5 Å². The fraction of sp³-hybridized carbons (Fsp3) is 0.500. The maximum absolute atomic E-state index is 4.41. The Balaban J connectivity index is 1.71. The van der Waals surface area contributed by atoms with Crippen LogP contribution in [0.15, 0.2) is 30.3 Å². The number of hydrogen-bond acceptors (Lipinski definition) is 2. The molecule has 0 unspecified atom stereocenters. The van der Waals surface area contributed by atoms with E-state index in [0.717, 1.165) is 25.8 Å². The zero-order valence-corrected chi connectivity index (χ0v) is 11.4. The zero-order chi connectivity index (χ0) is 12.9. The summed E-state index contributed by atoms with van der Waals surface area (Å²) in [5.74, 6) is 2.36. The van der Waals surface area contributed by atoms with Crippen LogP contribution in [0.3, 0.4) is 0 Å². The Morgan fingerprint density at radius 1 is 0.895 bits per heavy atom. The van der Waals surface area contributed by atoms with E-state index in [4.69, 9.17) is 0 Å². The third-order valence-corrected chi connectivity index (χ3v) is 3.92. The summed E-state index contributed by atoms with van der Waals surface area (Å²) in [6, 6.07) is 10.6. The lowest BCUT2D eigenvalue weighted by molar-refractivity contribution is 0.504. The molecule has 0 fully saturated rings. The van der Waals surface area contributed by atoms with E-state index >= 15 is 0 Å². The van der Waals surface area contributed by atoms with Gasteiger partial charge in [0.05, 0.1) is 0 Å². The first kappa shape index (κ1) is 12.4. The summed E-state index contributed by atoms with van der Waals surface area (Å²) >= 11 is 0. The summed E-state index contributed by atoms with van der Waals surface area (Å²) in [6.45, 7) is 1.10. The molecule has 2 aromatic rings. The predicted molar refractivity (Wildman–Crippen MR) is 76.0 cm³/mol. The van der Waals surface area contributed by atoms with E-state index in [1.165, 1.54) is 42.9 Å². The van der Waals surface area contributed by atoms with Gasteiger partial charge in [-0.2, -0.15) is 0 Å². The van der Waals surface area contributed by atoms with Gasteiger partial charge in [0.25, 0.3) is 0 Å². The number of nitrogens with zero attached hydrogens (tertiary/aromatic N) is 3. The van der Waals surface area contributed by atoms with Crippen LogP contribution in [0.5, 0.6) is 0 Å². The van der Waals surface area contributed by atoms with Gasteiger partial charge in [-0.1, -0.05) is 43.2 Å². The number of aromatic nitrogens is 3. The molecule has 0 spiro atoms. The molecule has 0 atom stereocenters. The molecule has 3 rings (SSSR count). The molecule has 1 aliphatic rings. The second-order valence-electron chi connectivity index (χ2n) is 5.33. The monoisotopic (exact) mass is 255 g/mol. The first-order chi connectivity index (χ1) is 9.43. The standard InChI is InChI=1S/C16H21N3/c1-2-7-13-19-15(10-6-1)17-18-16(19)12-11-14-8-4-3-5-9-14/h3-5,8-9H,1-2,6-7,10-13H2. The molecule has 0 aliphatic carbocycles. The highest BCUT2D eigenvalue weighted by molar-refractivity contribution is 5.15. The average molecular weight is 255 g/mol. The number of rotatable bonds is 3. The molecular weight excluding hydrogens is 234 g/mol. The Bertz CT molecular complexity index is 516. The van der Waals surface area contributed by atoms with Crippen molar-refractivity contribution >= 4 is 0 Å². The van der Waals surface area contributed by atoms with Crippen molar-refractivity contribution in [3.8, 4) is 0 Å². The van der Waals surface area contributed by atoms with Crippen molar-refractivity contribution in [3.05, 3.63) is 47.5 Å².